The molecule has 0 bridgehead atoms. The predicted molar refractivity (Wildman–Crippen MR) is 67.0 cm³/mol. The van der Waals surface area contributed by atoms with Crippen molar-refractivity contribution in [3.8, 4) is 0 Å². The van der Waals surface area contributed by atoms with Crippen LogP contribution >= 0.6 is 0 Å². The van der Waals surface area contributed by atoms with Crippen LogP contribution in [0.5, 0.6) is 0 Å². The van der Waals surface area contributed by atoms with Gasteiger partial charge in [-0.25, -0.2) is 0 Å². The summed E-state index contributed by atoms with van der Waals surface area (Å²) < 4.78 is 76.6. The molecular weight excluding hydrogens is 296 g/mol. The molecule has 0 saturated carbocycles. The summed E-state index contributed by atoms with van der Waals surface area (Å²) in [5.41, 5.74) is -2.60. The molecule has 0 N–H and O–H groups in total. The number of alkyl halides is 6. The zero-order chi connectivity index (χ0) is 16.2. The molecule has 7 heteroatoms. The molecule has 1 heterocycles. The topological polar surface area (TPSA) is 3.01 Å². The Hall–Kier alpha value is -1.66. The first-order valence-electron chi connectivity index (χ1n) is 6.09. The number of rotatable bonds is 2. The molecule has 1 fully saturated rings. The quantitative estimate of drug-likeness (QED) is 0.427. The van der Waals surface area contributed by atoms with Gasteiger partial charge in [0.25, 0.3) is 0 Å². The van der Waals surface area contributed by atoms with Gasteiger partial charge in [-0.3, -0.25) is 0 Å². The fourth-order valence-corrected chi connectivity index (χ4v) is 2.11. The first-order valence-corrected chi connectivity index (χ1v) is 6.09. The number of nitrogens with zero attached hydrogens (tertiary/aromatic N) is 1. The van der Waals surface area contributed by atoms with Crippen molar-refractivity contribution in [3.05, 3.63) is 41.5 Å². The highest BCUT2D eigenvalue weighted by Gasteiger charge is 2.49. The van der Waals surface area contributed by atoms with E-state index < -0.39 is 29.0 Å². The lowest BCUT2D eigenvalue weighted by Gasteiger charge is -2.18. The van der Waals surface area contributed by atoms with E-state index in [1.807, 2.05) is 0 Å². The molecule has 1 saturated heterocycles. The maximum atomic E-state index is 12.8. The first-order chi connectivity index (χ1) is 9.35. The van der Waals surface area contributed by atoms with E-state index in [1.165, 1.54) is 4.90 Å². The predicted octanol–water partition coefficient (Wildman–Crippen LogP) is 4.88. The first kappa shape index (κ1) is 15.7. The van der Waals surface area contributed by atoms with Crippen LogP contribution in [0.1, 0.15) is 25.0 Å². The number of anilines is 1. The van der Waals surface area contributed by atoms with Crippen LogP contribution in [0, 0.1) is 0 Å². The average Bonchev–Trinajstić information content (AvgIpc) is 3.00. The molecule has 21 heavy (non-hydrogen) atoms. The lowest BCUT2D eigenvalue weighted by Crippen LogP contribution is -2.16. The largest absolute Gasteiger partial charge is 0.416 e. The minimum Gasteiger partial charge on any atom is -0.358 e. The summed E-state index contributed by atoms with van der Waals surface area (Å²) in [4.78, 5) is 1.47. The highest BCUT2D eigenvalue weighted by atomic mass is 19.4. The van der Waals surface area contributed by atoms with Crippen molar-refractivity contribution >= 4 is 5.69 Å². The number of hydrogen-bond donors (Lipinski definition) is 0. The Morgan fingerprint density at radius 2 is 1.48 bits per heavy atom. The molecule has 0 aromatic heterocycles. The van der Waals surface area contributed by atoms with Crippen LogP contribution in [0.4, 0.5) is 32.0 Å². The van der Waals surface area contributed by atoms with E-state index in [0.29, 0.717) is 12.1 Å². The molecule has 1 atom stereocenters. The smallest absolute Gasteiger partial charge is 0.358 e. The van der Waals surface area contributed by atoms with Gasteiger partial charge in [-0.2, -0.15) is 26.3 Å². The van der Waals surface area contributed by atoms with E-state index in [0.717, 1.165) is 12.1 Å². The van der Waals surface area contributed by atoms with E-state index in [9.17, 15) is 26.3 Å². The van der Waals surface area contributed by atoms with Crippen molar-refractivity contribution in [1.29, 1.82) is 0 Å². The van der Waals surface area contributed by atoms with Crippen LogP contribution in [0.25, 0.3) is 0 Å². The Morgan fingerprint density at radius 3 is 1.76 bits per heavy atom. The molecule has 116 valence electrons. The molecule has 0 spiro atoms. The Balaban J connectivity index is 2.51. The van der Waals surface area contributed by atoms with Gasteiger partial charge in [0.15, 0.2) is 0 Å². The van der Waals surface area contributed by atoms with E-state index in [1.54, 1.807) is 13.8 Å². The highest BCUT2D eigenvalue weighted by Crippen LogP contribution is 2.46. The zero-order valence-electron chi connectivity index (χ0n) is 11.4. The molecule has 1 aromatic rings. The Labute approximate surface area is 117 Å². The molecule has 0 aliphatic carbocycles. The second kappa shape index (κ2) is 4.42. The molecule has 0 amide bonds. The molecule has 1 unspecified atom stereocenters. The van der Waals surface area contributed by atoms with Gasteiger partial charge < -0.3 is 4.90 Å². The van der Waals surface area contributed by atoms with Crippen LogP contribution < -0.4 is 4.90 Å². The Kier molecular flexibility index (Phi) is 3.31. The Morgan fingerprint density at radius 1 is 1.05 bits per heavy atom. The maximum Gasteiger partial charge on any atom is 0.416 e. The Bertz CT molecular complexity index is 554. The van der Waals surface area contributed by atoms with Crippen molar-refractivity contribution in [2.75, 3.05) is 11.4 Å². The minimum atomic E-state index is -4.83. The van der Waals surface area contributed by atoms with Gasteiger partial charge in [-0.15, -0.1) is 0 Å². The van der Waals surface area contributed by atoms with E-state index in [-0.39, 0.29) is 11.8 Å². The van der Waals surface area contributed by atoms with Gasteiger partial charge in [0, 0.05) is 12.2 Å². The van der Waals surface area contributed by atoms with Gasteiger partial charge >= 0.3 is 12.4 Å². The summed E-state index contributed by atoms with van der Waals surface area (Å²) in [6.07, 6.45) is -9.66. The van der Waals surface area contributed by atoms with Gasteiger partial charge in [-0.05, 0) is 32.0 Å². The van der Waals surface area contributed by atoms with Crippen LogP contribution in [0.3, 0.4) is 0 Å². The van der Waals surface area contributed by atoms with Crippen LogP contribution in [-0.4, -0.2) is 12.1 Å². The molecule has 1 nitrogen and oxygen atoms in total. The number of hydrogen-bond acceptors (Lipinski definition) is 1. The molecule has 2 rings (SSSR count). The molecular formula is C14H13F6N. The summed E-state index contributed by atoms with van der Waals surface area (Å²) in [6, 6.07) is 1.61. The molecule has 1 aromatic carbocycles. The van der Waals surface area contributed by atoms with Crippen molar-refractivity contribution in [2.45, 2.75) is 31.7 Å². The van der Waals surface area contributed by atoms with Gasteiger partial charge in [-0.1, -0.05) is 12.2 Å². The van der Waals surface area contributed by atoms with Crippen molar-refractivity contribution < 1.29 is 26.3 Å². The number of benzene rings is 1. The standard InChI is InChI=1S/C14H13F6N/c1-8(2)12(3)7-21(12)11-5-9(13(15,16)17)4-10(6-11)14(18,19)20/h4-6H,1,7H2,2-3H3. The fourth-order valence-electron chi connectivity index (χ4n) is 2.11. The second-order valence-corrected chi connectivity index (χ2v) is 5.40. The summed E-state index contributed by atoms with van der Waals surface area (Å²) in [7, 11) is 0. The lowest BCUT2D eigenvalue weighted by molar-refractivity contribution is -0.143. The van der Waals surface area contributed by atoms with E-state index in [4.69, 9.17) is 0 Å². The van der Waals surface area contributed by atoms with Crippen LogP contribution in [0.15, 0.2) is 30.4 Å². The van der Waals surface area contributed by atoms with E-state index in [2.05, 4.69) is 6.58 Å². The third kappa shape index (κ3) is 2.87. The third-order valence-electron chi connectivity index (χ3n) is 3.76. The summed E-state index contributed by atoms with van der Waals surface area (Å²) in [5, 5.41) is 0. The summed E-state index contributed by atoms with van der Waals surface area (Å²) in [6.45, 7) is 7.49. The molecule has 1 aliphatic rings. The van der Waals surface area contributed by atoms with Crippen molar-refractivity contribution in [2.24, 2.45) is 0 Å². The minimum absolute atomic E-state index is 0.0948. The second-order valence-electron chi connectivity index (χ2n) is 5.40. The monoisotopic (exact) mass is 309 g/mol. The lowest BCUT2D eigenvalue weighted by atomic mass is 10.0. The van der Waals surface area contributed by atoms with Gasteiger partial charge in [0.1, 0.15) is 0 Å². The zero-order valence-corrected chi connectivity index (χ0v) is 11.4. The van der Waals surface area contributed by atoms with Crippen LogP contribution in [-0.2, 0) is 12.4 Å². The van der Waals surface area contributed by atoms with E-state index >= 15 is 0 Å². The van der Waals surface area contributed by atoms with Crippen molar-refractivity contribution in [3.63, 3.8) is 0 Å². The molecule has 0 radical (unpaired) electrons. The fraction of sp³-hybridized carbons (Fsp3) is 0.429. The summed E-state index contributed by atoms with van der Waals surface area (Å²) >= 11 is 0. The average molecular weight is 309 g/mol. The normalized spacial score (nSPS) is 22.4. The highest BCUT2D eigenvalue weighted by molar-refractivity contribution is 5.63. The van der Waals surface area contributed by atoms with Gasteiger partial charge in [0.05, 0.1) is 16.7 Å². The summed E-state index contributed by atoms with van der Waals surface area (Å²) in [5.74, 6) is 0. The maximum absolute atomic E-state index is 12.8. The third-order valence-corrected chi connectivity index (χ3v) is 3.76. The molecule has 1 aliphatic heterocycles. The van der Waals surface area contributed by atoms with Crippen LogP contribution in [0.2, 0.25) is 0 Å². The number of halogens is 6. The SMILES string of the molecule is C=C(C)C1(C)CN1c1cc(C(F)(F)F)cc(C(F)(F)F)c1. The van der Waals surface area contributed by atoms with Crippen molar-refractivity contribution in [1.82, 2.24) is 0 Å². The van der Waals surface area contributed by atoms with Gasteiger partial charge in [0.2, 0.25) is 0 Å².